The van der Waals surface area contributed by atoms with Crippen LogP contribution in [0.2, 0.25) is 0 Å². The molecule has 1 aliphatic rings. The third-order valence-corrected chi connectivity index (χ3v) is 3.85. The zero-order chi connectivity index (χ0) is 19.1. The van der Waals surface area contributed by atoms with Gasteiger partial charge >= 0.3 is 22.4 Å². The average molecular weight is 400 g/mol. The van der Waals surface area contributed by atoms with Gasteiger partial charge in [-0.3, -0.25) is 0 Å². The van der Waals surface area contributed by atoms with Gasteiger partial charge in [-0.2, -0.15) is 21.6 Å². The molecule has 0 aliphatic carbocycles. The summed E-state index contributed by atoms with van der Waals surface area (Å²) in [6.45, 7) is 0.510. The van der Waals surface area contributed by atoms with Crippen molar-refractivity contribution < 1.29 is 45.4 Å². The number of esters is 1. The molecule has 0 spiro atoms. The van der Waals surface area contributed by atoms with Crippen molar-refractivity contribution in [2.24, 2.45) is 8.80 Å². The molecule has 9 nitrogen and oxygen atoms in total. The van der Waals surface area contributed by atoms with Crippen LogP contribution in [-0.2, 0) is 35.4 Å². The number of halogens is 3. The molecule has 0 radical (unpaired) electrons. The largest absolute Gasteiger partial charge is 0.431 e. The van der Waals surface area contributed by atoms with Crippen LogP contribution in [0.5, 0.6) is 0 Å². The fourth-order valence-corrected chi connectivity index (χ4v) is 2.22. The maximum absolute atomic E-state index is 12.2. The first-order chi connectivity index (χ1) is 11.6. The molecule has 1 saturated heterocycles. The number of alkyl halides is 3. The number of nitrogens with zero attached hydrogens (tertiary/aromatic N) is 2. The van der Waals surface area contributed by atoms with E-state index < -0.39 is 34.2 Å². The van der Waals surface area contributed by atoms with Crippen molar-refractivity contribution in [3.05, 3.63) is 21.9 Å². The highest BCUT2D eigenvalue weighted by Gasteiger charge is 2.33. The number of ether oxygens (including phenoxy) is 2. The smallest absolute Gasteiger partial charge is 0.417 e. The van der Waals surface area contributed by atoms with Crippen LogP contribution in [0.1, 0.15) is 21.7 Å². The summed E-state index contributed by atoms with van der Waals surface area (Å²) in [5, 5.41) is 0.887. The maximum Gasteiger partial charge on any atom is 0.417 e. The fraction of sp³-hybridized carbons (Fsp3) is 0.364. The number of thiophene rings is 1. The summed E-state index contributed by atoms with van der Waals surface area (Å²) < 4.78 is 70.6. The predicted octanol–water partition coefficient (Wildman–Crippen LogP) is 1.57. The van der Waals surface area contributed by atoms with Crippen LogP contribution in [0.3, 0.4) is 0 Å². The van der Waals surface area contributed by atoms with E-state index in [0.29, 0.717) is 36.5 Å². The summed E-state index contributed by atoms with van der Waals surface area (Å²) >= 11 is 0.711. The Morgan fingerprint density at radius 1 is 1.32 bits per heavy atom. The van der Waals surface area contributed by atoms with Gasteiger partial charge in [0, 0.05) is 11.8 Å². The lowest BCUT2D eigenvalue weighted by molar-refractivity contribution is -0.184. The van der Waals surface area contributed by atoms with Crippen LogP contribution in [0.4, 0.5) is 13.2 Å². The van der Waals surface area contributed by atoms with Crippen LogP contribution < -0.4 is 0 Å². The second kappa shape index (κ2) is 8.65. The van der Waals surface area contributed by atoms with E-state index in [1.165, 1.54) is 0 Å². The minimum atomic E-state index is -4.43. The Morgan fingerprint density at radius 2 is 1.88 bits per heavy atom. The number of carbonyl (C=O) groups excluding carboxylic acids is 3. The number of hydrogen-bond acceptors (Lipinski definition) is 8. The quantitative estimate of drug-likeness (QED) is 0.426. The zero-order valence-corrected chi connectivity index (χ0v) is 13.5. The summed E-state index contributed by atoms with van der Waals surface area (Å²) in [6.07, 6.45) is -3.04. The van der Waals surface area contributed by atoms with Crippen LogP contribution in [0.25, 0.3) is 0 Å². The van der Waals surface area contributed by atoms with Gasteiger partial charge in [0.05, 0.1) is 12.2 Å². The molecule has 14 heteroatoms. The van der Waals surface area contributed by atoms with Gasteiger partial charge in [-0.1, -0.05) is 8.80 Å². The molecule has 1 fully saturated rings. The predicted molar refractivity (Wildman–Crippen MR) is 74.3 cm³/mol. The molecule has 2 heterocycles. The van der Waals surface area contributed by atoms with Crippen molar-refractivity contribution in [3.8, 4) is 0 Å². The molecule has 136 valence electrons. The molecule has 1 aromatic heterocycles. The van der Waals surface area contributed by atoms with Gasteiger partial charge in [-0.25, -0.2) is 14.4 Å². The van der Waals surface area contributed by atoms with Gasteiger partial charge < -0.3 is 9.47 Å². The SMILES string of the molecule is O=C(OC1CCO1)c1cc(C(F)(F)F)cs1.O=C=NS(=O)(=O)N=C=O. The number of hydrogen-bond donors (Lipinski definition) is 0. The summed E-state index contributed by atoms with van der Waals surface area (Å²) in [4.78, 5) is 29.7. The minimum Gasteiger partial charge on any atom is -0.431 e. The first-order valence-electron chi connectivity index (χ1n) is 6.00. The van der Waals surface area contributed by atoms with Crippen molar-refractivity contribution in [2.75, 3.05) is 6.61 Å². The second-order valence-electron chi connectivity index (χ2n) is 4.00. The molecule has 0 aromatic carbocycles. The maximum atomic E-state index is 12.2. The first-order valence-corrected chi connectivity index (χ1v) is 8.28. The Morgan fingerprint density at radius 3 is 2.24 bits per heavy atom. The molecule has 0 bridgehead atoms. The van der Waals surface area contributed by atoms with E-state index in [2.05, 4.69) is 8.80 Å². The summed E-state index contributed by atoms with van der Waals surface area (Å²) in [5.41, 5.74) is -0.834. The Hall–Kier alpha value is -2.37. The lowest BCUT2D eigenvalue weighted by Gasteiger charge is -2.25. The minimum absolute atomic E-state index is 0.0668. The summed E-state index contributed by atoms with van der Waals surface area (Å²) in [5.74, 6) is -0.773. The number of isocyanates is 2. The van der Waals surface area contributed by atoms with E-state index in [-0.39, 0.29) is 4.88 Å². The van der Waals surface area contributed by atoms with Crippen molar-refractivity contribution >= 4 is 39.7 Å². The summed E-state index contributed by atoms with van der Waals surface area (Å²) in [6, 6.07) is 0.783. The van der Waals surface area contributed by atoms with E-state index in [0.717, 1.165) is 11.4 Å². The normalized spacial score (nSPS) is 16.2. The molecule has 1 aliphatic heterocycles. The number of rotatable bonds is 4. The van der Waals surface area contributed by atoms with Gasteiger partial charge in [-0.15, -0.1) is 11.3 Å². The highest BCUT2D eigenvalue weighted by molar-refractivity contribution is 7.89. The molecule has 1 unspecified atom stereocenters. The van der Waals surface area contributed by atoms with Crippen molar-refractivity contribution in [3.63, 3.8) is 0 Å². The van der Waals surface area contributed by atoms with Crippen molar-refractivity contribution in [1.29, 1.82) is 0 Å². The van der Waals surface area contributed by atoms with Gasteiger partial charge in [0.15, 0.2) is 0 Å². The van der Waals surface area contributed by atoms with E-state index in [1.807, 2.05) is 0 Å². The van der Waals surface area contributed by atoms with Crippen LogP contribution in [-0.4, -0.2) is 39.4 Å². The van der Waals surface area contributed by atoms with Crippen molar-refractivity contribution in [1.82, 2.24) is 0 Å². The summed E-state index contributed by atoms with van der Waals surface area (Å²) in [7, 11) is -4.28. The third kappa shape index (κ3) is 6.95. The Balaban J connectivity index is 0.000000299. The Kier molecular flexibility index (Phi) is 7.15. The highest BCUT2D eigenvalue weighted by atomic mass is 32.2. The molecule has 0 N–H and O–H groups in total. The van der Waals surface area contributed by atoms with E-state index >= 15 is 0 Å². The molecule has 0 saturated carbocycles. The average Bonchev–Trinajstić information content (AvgIpc) is 2.93. The zero-order valence-electron chi connectivity index (χ0n) is 11.8. The molecule has 25 heavy (non-hydrogen) atoms. The van der Waals surface area contributed by atoms with Gasteiger partial charge in [-0.05, 0) is 6.07 Å². The topological polar surface area (TPSA) is 129 Å². The molecule has 0 amide bonds. The third-order valence-electron chi connectivity index (χ3n) is 2.33. The fourth-order valence-electron chi connectivity index (χ4n) is 1.19. The van der Waals surface area contributed by atoms with Crippen LogP contribution >= 0.6 is 11.3 Å². The van der Waals surface area contributed by atoms with Gasteiger partial charge in [0.1, 0.15) is 4.88 Å². The monoisotopic (exact) mass is 400 g/mol. The van der Waals surface area contributed by atoms with E-state index in [9.17, 15) is 36.0 Å². The van der Waals surface area contributed by atoms with E-state index in [4.69, 9.17) is 9.47 Å². The second-order valence-corrected chi connectivity index (χ2v) is 6.18. The highest BCUT2D eigenvalue weighted by Crippen LogP contribution is 2.33. The van der Waals surface area contributed by atoms with Crippen molar-refractivity contribution in [2.45, 2.75) is 18.9 Å². The standard InChI is InChI=1S/C9H7F3O3S.C2N2O4S/c10-9(11,12)5-3-6(16-4-5)8(13)15-7-1-2-14-7;5-1-3-9(7,8)4-2-6/h3-4,7H,1-2H2;. The lowest BCUT2D eigenvalue weighted by Crippen LogP contribution is -2.31. The molecule has 1 atom stereocenters. The van der Waals surface area contributed by atoms with Gasteiger partial charge in [0.2, 0.25) is 6.29 Å². The Bertz CT molecular complexity index is 793. The number of carbonyl (C=O) groups is 1. The van der Waals surface area contributed by atoms with Crippen LogP contribution in [0, 0.1) is 0 Å². The molecule has 1 aromatic rings. The lowest BCUT2D eigenvalue weighted by atomic mass is 10.3. The molecular weight excluding hydrogens is 393 g/mol. The Labute approximate surface area is 142 Å². The van der Waals surface area contributed by atoms with Gasteiger partial charge in [0.25, 0.3) is 12.2 Å². The van der Waals surface area contributed by atoms with Crippen LogP contribution in [0.15, 0.2) is 20.2 Å². The first kappa shape index (κ1) is 20.7. The molecule has 2 rings (SSSR count). The van der Waals surface area contributed by atoms with E-state index in [1.54, 1.807) is 0 Å². The molecular formula is C11H7F3N2O7S2.